The maximum atomic E-state index is 11.7. The summed E-state index contributed by atoms with van der Waals surface area (Å²) in [4.78, 5) is 0. The number of pyridine rings is 1. The molecule has 108 valence electrons. The molecule has 1 fully saturated rings. The third kappa shape index (κ3) is 2.49. The number of nitrogens with zero attached hydrogens (tertiary/aromatic N) is 3. The number of fused-ring (bicyclic) bond motifs is 1. The fourth-order valence-electron chi connectivity index (χ4n) is 2.80. The molecule has 1 saturated heterocycles. The summed E-state index contributed by atoms with van der Waals surface area (Å²) in [5, 5.41) is 8.30. The Morgan fingerprint density at radius 2 is 2.25 bits per heavy atom. The fraction of sp³-hybridized carbons (Fsp3) is 0.538. The van der Waals surface area contributed by atoms with Crippen LogP contribution in [0.2, 0.25) is 0 Å². The topological polar surface area (TPSA) is 73.6 Å². The van der Waals surface area contributed by atoms with Crippen molar-refractivity contribution in [3.05, 3.63) is 24.0 Å². The molecule has 1 atom stereocenters. The van der Waals surface area contributed by atoms with E-state index in [1.165, 1.54) is 0 Å². The average molecular weight is 295 g/mol. The first-order chi connectivity index (χ1) is 9.59. The Kier molecular flexibility index (Phi) is 3.37. The molecular formula is C13H17N3O3S. The smallest absolute Gasteiger partial charge is 0.200 e. The van der Waals surface area contributed by atoms with Crippen molar-refractivity contribution in [2.24, 2.45) is 5.92 Å². The maximum Gasteiger partial charge on any atom is 0.200 e. The number of ether oxygens (including phenoxy) is 1. The molecule has 0 spiro atoms. The van der Waals surface area contributed by atoms with Gasteiger partial charge in [-0.25, -0.2) is 12.8 Å². The predicted molar refractivity (Wildman–Crippen MR) is 74.6 cm³/mol. The molecule has 0 aromatic carbocycles. The Balaban J connectivity index is 1.91. The summed E-state index contributed by atoms with van der Waals surface area (Å²) in [7, 11) is -1.29. The van der Waals surface area contributed by atoms with Gasteiger partial charge in [0.25, 0.3) is 0 Å². The van der Waals surface area contributed by atoms with Gasteiger partial charge in [0.05, 0.1) is 18.6 Å². The highest BCUT2D eigenvalue weighted by Crippen LogP contribution is 2.23. The van der Waals surface area contributed by atoms with Crippen LogP contribution in [0.4, 0.5) is 0 Å². The lowest BCUT2D eigenvalue weighted by Gasteiger charge is -2.21. The van der Waals surface area contributed by atoms with Crippen LogP contribution in [0.3, 0.4) is 0 Å². The largest absolute Gasteiger partial charge is 0.482 e. The van der Waals surface area contributed by atoms with Gasteiger partial charge in [0.2, 0.25) is 5.88 Å². The van der Waals surface area contributed by atoms with E-state index in [1.807, 2.05) is 22.6 Å². The van der Waals surface area contributed by atoms with E-state index in [0.717, 1.165) is 24.3 Å². The van der Waals surface area contributed by atoms with Crippen molar-refractivity contribution in [1.82, 2.24) is 14.6 Å². The van der Waals surface area contributed by atoms with Crippen molar-refractivity contribution in [3.63, 3.8) is 0 Å². The van der Waals surface area contributed by atoms with Crippen molar-refractivity contribution in [2.75, 3.05) is 18.6 Å². The quantitative estimate of drug-likeness (QED) is 0.848. The summed E-state index contributed by atoms with van der Waals surface area (Å²) in [6.45, 7) is 0. The van der Waals surface area contributed by atoms with Crippen molar-refractivity contribution >= 4 is 15.5 Å². The molecule has 0 amide bonds. The normalized spacial score (nSPS) is 21.9. The zero-order chi connectivity index (χ0) is 14.2. The van der Waals surface area contributed by atoms with E-state index in [4.69, 9.17) is 4.74 Å². The third-order valence-corrected chi connectivity index (χ3v) is 5.59. The summed E-state index contributed by atoms with van der Waals surface area (Å²) in [5.41, 5.74) is 0.720. The number of hydrogen-bond donors (Lipinski definition) is 0. The molecule has 0 N–H and O–H groups in total. The molecule has 3 rings (SSSR count). The average Bonchev–Trinajstić information content (AvgIpc) is 2.81. The van der Waals surface area contributed by atoms with Crippen LogP contribution in [-0.2, 0) is 16.3 Å². The molecule has 1 aliphatic heterocycles. The van der Waals surface area contributed by atoms with Crippen molar-refractivity contribution in [1.29, 1.82) is 0 Å². The summed E-state index contributed by atoms with van der Waals surface area (Å²) < 4.78 is 30.6. The van der Waals surface area contributed by atoms with Gasteiger partial charge in [0, 0.05) is 6.42 Å². The Morgan fingerprint density at radius 3 is 3.00 bits per heavy atom. The number of hydrogen-bond acceptors (Lipinski definition) is 5. The molecule has 2 aromatic heterocycles. The van der Waals surface area contributed by atoms with Crippen LogP contribution in [0.15, 0.2) is 18.2 Å². The Hall–Kier alpha value is -1.63. The molecule has 0 bridgehead atoms. The molecule has 2 aromatic rings. The highest BCUT2D eigenvalue weighted by molar-refractivity contribution is 7.91. The van der Waals surface area contributed by atoms with Gasteiger partial charge < -0.3 is 4.74 Å². The first kappa shape index (κ1) is 13.4. The minimum Gasteiger partial charge on any atom is -0.482 e. The van der Waals surface area contributed by atoms with E-state index in [1.54, 1.807) is 7.11 Å². The number of methoxy groups -OCH3 is 1. The summed E-state index contributed by atoms with van der Waals surface area (Å²) in [6.07, 6.45) is 2.27. The molecule has 20 heavy (non-hydrogen) atoms. The van der Waals surface area contributed by atoms with Gasteiger partial charge in [0.1, 0.15) is 5.82 Å². The minimum atomic E-state index is -2.89. The van der Waals surface area contributed by atoms with Crippen LogP contribution >= 0.6 is 0 Å². The second-order valence-electron chi connectivity index (χ2n) is 5.20. The van der Waals surface area contributed by atoms with Gasteiger partial charge in [-0.15, -0.1) is 10.2 Å². The van der Waals surface area contributed by atoms with Crippen LogP contribution in [0, 0.1) is 5.92 Å². The van der Waals surface area contributed by atoms with Crippen LogP contribution in [-0.4, -0.2) is 41.6 Å². The standard InChI is InChI=1S/C13H17N3O3S/c1-19-13-6-2-5-11-14-15-12(16(11)13)8-10-4-3-7-20(17,18)9-10/h2,5-6,10H,3-4,7-9H2,1H3. The Labute approximate surface area is 117 Å². The molecule has 0 aliphatic carbocycles. The molecule has 0 saturated carbocycles. The third-order valence-electron chi connectivity index (χ3n) is 3.70. The number of sulfone groups is 1. The first-order valence-corrected chi connectivity index (χ1v) is 8.48. The van der Waals surface area contributed by atoms with E-state index in [0.29, 0.717) is 18.1 Å². The summed E-state index contributed by atoms with van der Waals surface area (Å²) in [6, 6.07) is 5.56. The molecule has 1 aliphatic rings. The van der Waals surface area contributed by atoms with Crippen molar-refractivity contribution < 1.29 is 13.2 Å². The van der Waals surface area contributed by atoms with Gasteiger partial charge in [-0.3, -0.25) is 0 Å². The van der Waals surface area contributed by atoms with E-state index < -0.39 is 9.84 Å². The highest BCUT2D eigenvalue weighted by atomic mass is 32.2. The van der Waals surface area contributed by atoms with Crippen LogP contribution < -0.4 is 4.74 Å². The summed E-state index contributed by atoms with van der Waals surface area (Å²) in [5.74, 6) is 2.11. The zero-order valence-corrected chi connectivity index (χ0v) is 12.1. The number of aromatic nitrogens is 3. The van der Waals surface area contributed by atoms with Crippen molar-refractivity contribution in [2.45, 2.75) is 19.3 Å². The second-order valence-corrected chi connectivity index (χ2v) is 7.43. The van der Waals surface area contributed by atoms with Gasteiger partial charge in [-0.1, -0.05) is 6.07 Å². The predicted octanol–water partition coefficient (Wildman–Crippen LogP) is 1.11. The van der Waals surface area contributed by atoms with E-state index in [9.17, 15) is 8.42 Å². The van der Waals surface area contributed by atoms with E-state index in [2.05, 4.69) is 10.2 Å². The van der Waals surface area contributed by atoms with Crippen molar-refractivity contribution in [3.8, 4) is 5.88 Å². The molecule has 6 nitrogen and oxygen atoms in total. The lowest BCUT2D eigenvalue weighted by molar-refractivity contribution is 0.387. The van der Waals surface area contributed by atoms with Crippen LogP contribution in [0.5, 0.6) is 5.88 Å². The monoisotopic (exact) mass is 295 g/mol. The Bertz CT molecular complexity index is 724. The first-order valence-electron chi connectivity index (χ1n) is 6.66. The maximum absolute atomic E-state index is 11.7. The van der Waals surface area contributed by atoms with Gasteiger partial charge in [-0.2, -0.15) is 0 Å². The van der Waals surface area contributed by atoms with E-state index >= 15 is 0 Å². The van der Waals surface area contributed by atoms with E-state index in [-0.39, 0.29) is 11.7 Å². The van der Waals surface area contributed by atoms with Gasteiger partial charge in [0.15, 0.2) is 15.5 Å². The minimum absolute atomic E-state index is 0.117. The molecule has 0 radical (unpaired) electrons. The zero-order valence-electron chi connectivity index (χ0n) is 11.3. The highest BCUT2D eigenvalue weighted by Gasteiger charge is 2.26. The molecule has 3 heterocycles. The van der Waals surface area contributed by atoms with Gasteiger partial charge >= 0.3 is 0 Å². The second kappa shape index (κ2) is 5.05. The fourth-order valence-corrected chi connectivity index (χ4v) is 4.57. The molecular weight excluding hydrogens is 278 g/mol. The SMILES string of the molecule is COc1cccc2nnc(CC3CCCS(=O)(=O)C3)n12. The molecule has 7 heteroatoms. The number of rotatable bonds is 3. The van der Waals surface area contributed by atoms with Gasteiger partial charge in [-0.05, 0) is 30.9 Å². The van der Waals surface area contributed by atoms with Crippen LogP contribution in [0.25, 0.3) is 5.65 Å². The Morgan fingerprint density at radius 1 is 1.40 bits per heavy atom. The van der Waals surface area contributed by atoms with Crippen LogP contribution in [0.1, 0.15) is 18.7 Å². The lowest BCUT2D eigenvalue weighted by atomic mass is 10.0. The lowest BCUT2D eigenvalue weighted by Crippen LogP contribution is -2.27. The molecule has 1 unspecified atom stereocenters. The summed E-state index contributed by atoms with van der Waals surface area (Å²) >= 11 is 0.